The normalized spacial score (nSPS) is 18.0. The first kappa shape index (κ1) is 27.7. The van der Waals surface area contributed by atoms with Crippen molar-refractivity contribution in [2.75, 3.05) is 45.7 Å². The molecule has 0 bridgehead atoms. The molecular formula is C31H33BrN2O6. The van der Waals surface area contributed by atoms with E-state index in [-0.39, 0.29) is 11.7 Å². The number of methoxy groups -OCH3 is 4. The Bertz CT molecular complexity index is 1450. The fourth-order valence-corrected chi connectivity index (χ4v) is 6.08. The Kier molecular flexibility index (Phi) is 8.12. The number of benzene rings is 3. The van der Waals surface area contributed by atoms with Crippen LogP contribution in [0.2, 0.25) is 0 Å². The van der Waals surface area contributed by atoms with Gasteiger partial charge in [-0.2, -0.15) is 0 Å². The summed E-state index contributed by atoms with van der Waals surface area (Å²) in [5.74, 6) is 2.85. The molecule has 1 aliphatic carbocycles. The molecule has 210 valence electrons. The largest absolute Gasteiger partial charge is 0.493 e. The van der Waals surface area contributed by atoms with Crippen molar-refractivity contribution in [3.8, 4) is 28.7 Å². The van der Waals surface area contributed by atoms with Crippen molar-refractivity contribution in [1.29, 1.82) is 0 Å². The minimum absolute atomic E-state index is 0.0572. The second kappa shape index (κ2) is 11.7. The summed E-state index contributed by atoms with van der Waals surface area (Å²) in [6.07, 6.45) is 0.963. The number of halogens is 1. The zero-order chi connectivity index (χ0) is 28.4. The van der Waals surface area contributed by atoms with Crippen molar-refractivity contribution in [2.45, 2.75) is 31.7 Å². The van der Waals surface area contributed by atoms with Crippen LogP contribution in [0.4, 0.5) is 11.4 Å². The van der Waals surface area contributed by atoms with Gasteiger partial charge in [0.25, 0.3) is 0 Å². The molecule has 0 amide bonds. The summed E-state index contributed by atoms with van der Waals surface area (Å²) in [5.41, 5.74) is 5.23. The number of hydrogen-bond acceptors (Lipinski definition) is 8. The van der Waals surface area contributed by atoms with E-state index in [1.165, 1.54) is 0 Å². The van der Waals surface area contributed by atoms with Gasteiger partial charge in [-0.3, -0.25) is 4.79 Å². The van der Waals surface area contributed by atoms with Gasteiger partial charge in [-0.15, -0.1) is 0 Å². The number of carbonyl (C=O) groups excluding carboxylic acids is 1. The average Bonchev–Trinajstić information content (AvgIpc) is 3.14. The number of ether oxygens (including phenoxy) is 5. The lowest BCUT2D eigenvalue weighted by Gasteiger charge is -2.30. The van der Waals surface area contributed by atoms with Gasteiger partial charge in [0.2, 0.25) is 5.75 Å². The van der Waals surface area contributed by atoms with Crippen molar-refractivity contribution >= 4 is 33.1 Å². The van der Waals surface area contributed by atoms with Gasteiger partial charge < -0.3 is 34.3 Å². The van der Waals surface area contributed by atoms with Crippen molar-refractivity contribution in [3.63, 3.8) is 0 Å². The van der Waals surface area contributed by atoms with Crippen LogP contribution in [-0.2, 0) is 4.79 Å². The molecule has 3 aromatic carbocycles. The third-order valence-electron chi connectivity index (χ3n) is 7.34. The SMILES string of the molecule is CCOc1c(Br)cc(C2Nc3ccccc3NC3=C2C(=O)CC(c2cc(OC)c(OC)c(OC)c2)C3)cc1OC. The Morgan fingerprint density at radius 1 is 0.825 bits per heavy atom. The van der Waals surface area contributed by atoms with E-state index < -0.39 is 6.04 Å². The number of Topliss-reactive ketones (excluding diaryl/α,β-unsaturated/α-hetero) is 1. The Hall–Kier alpha value is -3.85. The summed E-state index contributed by atoms with van der Waals surface area (Å²) in [4.78, 5) is 14.0. The molecule has 8 nitrogen and oxygen atoms in total. The highest BCUT2D eigenvalue weighted by Crippen LogP contribution is 2.48. The first-order valence-corrected chi connectivity index (χ1v) is 13.9. The van der Waals surface area contributed by atoms with E-state index in [0.29, 0.717) is 53.8 Å². The third kappa shape index (κ3) is 5.06. The maximum absolute atomic E-state index is 14.0. The summed E-state index contributed by atoms with van der Waals surface area (Å²) in [5, 5.41) is 7.21. The maximum Gasteiger partial charge on any atom is 0.203 e. The number of carbonyl (C=O) groups is 1. The van der Waals surface area contributed by atoms with Crippen LogP contribution >= 0.6 is 15.9 Å². The molecule has 0 radical (unpaired) electrons. The molecule has 1 heterocycles. The molecule has 0 saturated heterocycles. The van der Waals surface area contributed by atoms with Crippen LogP contribution in [0.3, 0.4) is 0 Å². The molecule has 40 heavy (non-hydrogen) atoms. The van der Waals surface area contributed by atoms with E-state index in [1.807, 2.05) is 55.5 Å². The minimum atomic E-state index is -0.402. The monoisotopic (exact) mass is 608 g/mol. The van der Waals surface area contributed by atoms with E-state index in [1.54, 1.807) is 28.4 Å². The first-order chi connectivity index (χ1) is 19.4. The van der Waals surface area contributed by atoms with Gasteiger partial charge in [-0.05, 0) is 82.7 Å². The highest BCUT2D eigenvalue weighted by atomic mass is 79.9. The molecular weight excluding hydrogens is 576 g/mol. The van der Waals surface area contributed by atoms with Crippen molar-refractivity contribution in [2.24, 2.45) is 0 Å². The van der Waals surface area contributed by atoms with Gasteiger partial charge in [0.1, 0.15) is 0 Å². The smallest absolute Gasteiger partial charge is 0.203 e. The molecule has 0 aromatic heterocycles. The first-order valence-electron chi connectivity index (χ1n) is 13.1. The highest BCUT2D eigenvalue weighted by Gasteiger charge is 2.37. The number of hydrogen-bond donors (Lipinski definition) is 2. The van der Waals surface area contributed by atoms with Crippen LogP contribution in [0, 0.1) is 0 Å². The van der Waals surface area contributed by atoms with Crippen LogP contribution in [0.1, 0.15) is 42.9 Å². The Labute approximate surface area is 242 Å². The number of ketones is 1. The minimum Gasteiger partial charge on any atom is -0.493 e. The van der Waals surface area contributed by atoms with Crippen LogP contribution in [0.15, 0.2) is 64.3 Å². The van der Waals surface area contributed by atoms with E-state index in [0.717, 1.165) is 32.7 Å². The van der Waals surface area contributed by atoms with Gasteiger partial charge in [-0.25, -0.2) is 0 Å². The van der Waals surface area contributed by atoms with E-state index in [4.69, 9.17) is 23.7 Å². The van der Waals surface area contributed by atoms with Crippen LogP contribution in [-0.4, -0.2) is 40.8 Å². The topological polar surface area (TPSA) is 87.3 Å². The molecule has 2 atom stereocenters. The Balaban J connectivity index is 1.62. The zero-order valence-electron chi connectivity index (χ0n) is 23.2. The number of anilines is 2. The molecule has 0 spiro atoms. The van der Waals surface area contributed by atoms with Gasteiger partial charge in [0, 0.05) is 17.7 Å². The quantitative estimate of drug-likeness (QED) is 0.287. The number of fused-ring (bicyclic) bond motifs is 1. The second-order valence-electron chi connectivity index (χ2n) is 9.59. The standard InChI is InChI=1S/C31H33BrN2O6/c1-6-40-30-20(32)11-19(16-25(30)36-2)29-28-23(33-21-9-7-8-10-22(21)34-29)12-17(13-24(28)35)18-14-26(37-3)31(39-5)27(15-18)38-4/h7-11,14-17,29,33-34H,6,12-13H2,1-5H3. The van der Waals surface area contributed by atoms with Crippen molar-refractivity contribution in [1.82, 2.24) is 0 Å². The predicted octanol–water partition coefficient (Wildman–Crippen LogP) is 6.86. The fourth-order valence-electron chi connectivity index (χ4n) is 5.51. The molecule has 0 saturated carbocycles. The van der Waals surface area contributed by atoms with Gasteiger partial charge in [0.15, 0.2) is 28.8 Å². The summed E-state index contributed by atoms with van der Waals surface area (Å²) >= 11 is 3.66. The molecule has 2 aliphatic rings. The lowest BCUT2D eigenvalue weighted by Crippen LogP contribution is -2.27. The van der Waals surface area contributed by atoms with E-state index in [9.17, 15) is 4.79 Å². The number of nitrogens with one attached hydrogen (secondary N) is 2. The number of para-hydroxylation sites is 2. The number of rotatable bonds is 8. The zero-order valence-corrected chi connectivity index (χ0v) is 24.8. The molecule has 9 heteroatoms. The van der Waals surface area contributed by atoms with Gasteiger partial charge in [-0.1, -0.05) is 12.1 Å². The highest BCUT2D eigenvalue weighted by molar-refractivity contribution is 9.10. The molecule has 5 rings (SSSR count). The lowest BCUT2D eigenvalue weighted by molar-refractivity contribution is -0.116. The van der Waals surface area contributed by atoms with E-state index >= 15 is 0 Å². The van der Waals surface area contributed by atoms with Gasteiger partial charge >= 0.3 is 0 Å². The summed E-state index contributed by atoms with van der Waals surface area (Å²) in [6, 6.07) is 15.4. The lowest BCUT2D eigenvalue weighted by atomic mass is 9.78. The third-order valence-corrected chi connectivity index (χ3v) is 7.93. The summed E-state index contributed by atoms with van der Waals surface area (Å²) in [6.45, 7) is 2.43. The Morgan fingerprint density at radius 3 is 2.08 bits per heavy atom. The van der Waals surface area contributed by atoms with Crippen LogP contribution in [0.25, 0.3) is 0 Å². The molecule has 0 fully saturated rings. The van der Waals surface area contributed by atoms with Crippen LogP contribution in [0.5, 0.6) is 28.7 Å². The van der Waals surface area contributed by atoms with Crippen LogP contribution < -0.4 is 34.3 Å². The van der Waals surface area contributed by atoms with E-state index in [2.05, 4.69) is 26.6 Å². The molecule has 1 aliphatic heterocycles. The summed E-state index contributed by atoms with van der Waals surface area (Å²) in [7, 11) is 6.38. The predicted molar refractivity (Wildman–Crippen MR) is 158 cm³/mol. The maximum atomic E-state index is 14.0. The van der Waals surface area contributed by atoms with Gasteiger partial charge in [0.05, 0.1) is 56.9 Å². The second-order valence-corrected chi connectivity index (χ2v) is 10.4. The summed E-state index contributed by atoms with van der Waals surface area (Å²) < 4.78 is 28.9. The molecule has 2 N–H and O–H groups in total. The average molecular weight is 610 g/mol. The fraction of sp³-hybridized carbons (Fsp3) is 0.323. The number of allylic oxidation sites excluding steroid dienone is 1. The van der Waals surface area contributed by atoms with Crippen molar-refractivity contribution in [3.05, 3.63) is 75.4 Å². The Morgan fingerprint density at radius 2 is 1.45 bits per heavy atom. The molecule has 2 unspecified atom stereocenters. The molecule has 3 aromatic rings. The van der Waals surface area contributed by atoms with Crippen molar-refractivity contribution < 1.29 is 28.5 Å².